The Kier molecular flexibility index (Phi) is 23.1. The van der Waals surface area contributed by atoms with E-state index in [9.17, 15) is 0 Å². The molecule has 0 saturated heterocycles. The fourth-order valence-corrected chi connectivity index (χ4v) is 21.4. The standard InChI is InChI=1S/C31H21ClN2.C29H21BrN2.C28H17BrN2.2C20H13BrN2/c1-31(2)25-14-8-7-11-21(25)22-16-15-18(17-26(22)31)28-27-23-12-5-3-9-19(23)20-10-4-6-13-24(20)29(27)34-30(32)33-28;1-29(2)24-16-19(12-14-21(24)22-15-13-20(30)17-25(22)29)27-23-10-6-7-11-26(23)31-28(32-27)18-8-4-3-5-9-18;29-20-16-14-19(15-17-20)28-30-26(18-8-2-1-3-9-18)25-23-12-6-4-10-21(23)22-11-5-7-13-24(22)27(25)31-28;21-16-11-12-17-18(13-16)23-20(15-9-5-2-6-10-15)19(22-17)14-7-3-1-4-8-14;21-16-12-10-15(11-13-16)20-22-18-9-5-4-8-17(18)19(23-20)14-6-2-1-3-7-14/h3-17H,1-2H3;3-17H,1-2H3;1-17H;2*1-13H/i;;;;1D,2D,3D,6D,7D. The van der Waals surface area contributed by atoms with E-state index in [-0.39, 0.29) is 45.8 Å². The zero-order valence-corrected chi connectivity index (χ0v) is 84.7. The van der Waals surface area contributed by atoms with Gasteiger partial charge in [0.1, 0.15) is 0 Å². The molecule has 0 fully saturated rings. The number of nitrogens with zero attached hydrogens (tertiary/aromatic N) is 10. The van der Waals surface area contributed by atoms with E-state index < -0.39 is 6.04 Å². The molecular formula is C128H85Br4ClN10. The third-order valence-corrected chi connectivity index (χ3v) is 29.1. The van der Waals surface area contributed by atoms with Crippen LogP contribution in [0.1, 0.15) is 56.8 Å². The molecule has 0 bridgehead atoms. The van der Waals surface area contributed by atoms with Crippen LogP contribution in [0.3, 0.4) is 0 Å². The van der Waals surface area contributed by atoms with E-state index >= 15 is 0 Å². The molecule has 0 amide bonds. The third-order valence-electron chi connectivity index (χ3n) is 26.8. The minimum Gasteiger partial charge on any atom is -0.244 e. The molecule has 20 aromatic carbocycles. The Hall–Kier alpha value is -15.7. The van der Waals surface area contributed by atoms with Crippen LogP contribution < -0.4 is 0 Å². The lowest BCUT2D eigenvalue weighted by molar-refractivity contribution is 0.660. The van der Waals surface area contributed by atoms with Gasteiger partial charge in [-0.2, -0.15) is 0 Å². The van der Waals surface area contributed by atoms with Crippen molar-refractivity contribution in [2.24, 2.45) is 0 Å². The van der Waals surface area contributed by atoms with Crippen molar-refractivity contribution in [3.63, 3.8) is 0 Å². The molecule has 5 heterocycles. The van der Waals surface area contributed by atoms with Crippen molar-refractivity contribution >= 4 is 173 Å². The minimum atomic E-state index is -0.426. The summed E-state index contributed by atoms with van der Waals surface area (Å²) < 4.78 is 44.5. The van der Waals surface area contributed by atoms with Crippen LogP contribution in [0.4, 0.5) is 0 Å². The van der Waals surface area contributed by atoms with Gasteiger partial charge in [0.15, 0.2) is 17.5 Å². The number of aromatic nitrogens is 10. The van der Waals surface area contributed by atoms with E-state index in [1.54, 1.807) is 6.07 Å². The minimum absolute atomic E-state index is 0.0722. The summed E-state index contributed by atoms with van der Waals surface area (Å²) in [6.45, 7) is 9.22. The molecule has 0 unspecified atom stereocenters. The molecule has 2 aliphatic rings. The molecule has 143 heavy (non-hydrogen) atoms. The SMILES string of the molecule is Brc1ccc(-c2nc(-c3ccccc3)c3c4ccccc4c4ccccc4c3n2)cc1.Brc1ccc2nc(-c3ccccc3)c(-c3ccccc3)nc2c1.CC1(C)c2cc(Br)ccc2-c2ccc(-c3nc(-c4ccccc4)nc4ccccc34)cc21.CC1(C)c2ccccc2-c2ccc(-c3nc(Cl)nc4c5ccccc5c5ccccc5c34)cc21.[2H]c1c([2H])c([2H])c(-c2nc(-c3ccc(Br)cc3)nc3ccccc23)c([2H])c1[2H]. The first-order valence-electron chi connectivity index (χ1n) is 49.4. The van der Waals surface area contributed by atoms with Crippen LogP contribution in [0, 0.1) is 0 Å². The molecular weight excluding hydrogens is 2030 g/mol. The molecule has 0 atom stereocenters. The number of para-hydroxylation sites is 2. The van der Waals surface area contributed by atoms with Gasteiger partial charge < -0.3 is 0 Å². The van der Waals surface area contributed by atoms with Crippen molar-refractivity contribution in [2.75, 3.05) is 0 Å². The first-order chi connectivity index (χ1) is 72.0. The second-order valence-electron chi connectivity index (χ2n) is 36.2. The maximum absolute atomic E-state index is 8.31. The van der Waals surface area contributed by atoms with Crippen molar-refractivity contribution < 1.29 is 6.85 Å². The lowest BCUT2D eigenvalue weighted by Crippen LogP contribution is -2.15. The summed E-state index contributed by atoms with van der Waals surface area (Å²) >= 11 is 20.6. The summed E-state index contributed by atoms with van der Waals surface area (Å²) in [4.78, 5) is 48.6. The second-order valence-corrected chi connectivity index (χ2v) is 40.2. The topological polar surface area (TPSA) is 129 Å². The molecule has 0 radical (unpaired) electrons. The molecule has 5 aromatic heterocycles. The number of hydrogen-bond donors (Lipinski definition) is 0. The highest BCUT2D eigenvalue weighted by Gasteiger charge is 2.38. The summed E-state index contributed by atoms with van der Waals surface area (Å²) in [6.07, 6.45) is 0. The summed E-state index contributed by atoms with van der Waals surface area (Å²) in [5.74, 6) is 1.92. The van der Waals surface area contributed by atoms with Crippen molar-refractivity contribution in [1.82, 2.24) is 49.8 Å². The quantitative estimate of drug-likeness (QED) is 0.102. The van der Waals surface area contributed by atoms with Gasteiger partial charge in [0.25, 0.3) is 0 Å². The van der Waals surface area contributed by atoms with Crippen molar-refractivity contribution in [3.8, 4) is 124 Å². The first kappa shape index (κ1) is 85.3. The van der Waals surface area contributed by atoms with Gasteiger partial charge in [0, 0.05) is 111 Å². The van der Waals surface area contributed by atoms with Crippen LogP contribution in [0.5, 0.6) is 0 Å². The van der Waals surface area contributed by atoms with E-state index in [0.29, 0.717) is 22.4 Å². The van der Waals surface area contributed by atoms with Gasteiger partial charge in [-0.05, 0) is 167 Å². The van der Waals surface area contributed by atoms with Crippen molar-refractivity contribution in [2.45, 2.75) is 38.5 Å². The Labute approximate surface area is 873 Å². The van der Waals surface area contributed by atoms with E-state index in [2.05, 4.69) is 368 Å². The molecule has 2 aliphatic carbocycles. The fraction of sp³-hybridized carbons (Fsp3) is 0.0469. The van der Waals surface area contributed by atoms with E-state index in [1.807, 2.05) is 140 Å². The molecule has 0 aliphatic heterocycles. The maximum Gasteiger partial charge on any atom is 0.223 e. The number of benzene rings is 20. The molecule has 25 aromatic rings. The number of fused-ring (bicyclic) bond motifs is 21. The predicted octanol–water partition coefficient (Wildman–Crippen LogP) is 36.1. The molecule has 0 saturated carbocycles. The van der Waals surface area contributed by atoms with Crippen LogP contribution in [0.2, 0.25) is 5.28 Å². The van der Waals surface area contributed by atoms with E-state index in [0.717, 1.165) is 162 Å². The molecule has 0 spiro atoms. The Morgan fingerprint density at radius 1 is 0.210 bits per heavy atom. The Morgan fingerprint density at radius 3 is 1.05 bits per heavy atom. The maximum atomic E-state index is 8.31. The van der Waals surface area contributed by atoms with Crippen molar-refractivity contribution in [1.29, 1.82) is 0 Å². The molecule has 27 rings (SSSR count). The highest BCUT2D eigenvalue weighted by molar-refractivity contribution is 9.11. The summed E-state index contributed by atoms with van der Waals surface area (Å²) in [5, 5.41) is 13.5. The molecule has 682 valence electrons. The molecule has 10 nitrogen and oxygen atoms in total. The van der Waals surface area contributed by atoms with Crippen LogP contribution in [-0.2, 0) is 10.8 Å². The van der Waals surface area contributed by atoms with Gasteiger partial charge in [-0.3, -0.25) is 0 Å². The molecule has 0 N–H and O–H groups in total. The second kappa shape index (κ2) is 38.7. The van der Waals surface area contributed by atoms with Gasteiger partial charge in [-0.1, -0.05) is 455 Å². The van der Waals surface area contributed by atoms with Crippen LogP contribution in [0.15, 0.2) is 461 Å². The molecule has 15 heteroatoms. The van der Waals surface area contributed by atoms with Gasteiger partial charge in [-0.15, -0.1) is 0 Å². The lowest BCUT2D eigenvalue weighted by Gasteiger charge is -2.22. The Morgan fingerprint density at radius 2 is 0.538 bits per heavy atom. The number of hydrogen-bond acceptors (Lipinski definition) is 10. The Balaban J connectivity index is 0.000000102. The zero-order valence-electron chi connectivity index (χ0n) is 82.6. The van der Waals surface area contributed by atoms with Crippen LogP contribution >= 0.6 is 75.3 Å². The normalized spacial score (nSPS) is 12.8. The van der Waals surface area contributed by atoms with E-state index in [4.69, 9.17) is 58.3 Å². The fourth-order valence-electron chi connectivity index (χ4n) is 20.0. The third kappa shape index (κ3) is 17.6. The van der Waals surface area contributed by atoms with Gasteiger partial charge in [0.2, 0.25) is 5.28 Å². The monoisotopic (exact) mass is 2120 g/mol. The smallest absolute Gasteiger partial charge is 0.223 e. The number of rotatable bonds is 9. The van der Waals surface area contributed by atoms with Crippen molar-refractivity contribution in [3.05, 3.63) is 488 Å². The average molecular weight is 2120 g/mol. The van der Waals surface area contributed by atoms with Crippen LogP contribution in [-0.4, -0.2) is 49.8 Å². The zero-order chi connectivity index (χ0) is 101. The average Bonchev–Trinajstić information content (AvgIpc) is 1.23. The lowest BCUT2D eigenvalue weighted by atomic mass is 9.81. The first-order valence-corrected chi connectivity index (χ1v) is 50.5. The largest absolute Gasteiger partial charge is 0.244 e. The summed E-state index contributed by atoms with van der Waals surface area (Å²) in [7, 11) is 0. The van der Waals surface area contributed by atoms with Gasteiger partial charge in [-0.25, -0.2) is 49.8 Å². The predicted molar refractivity (Wildman–Crippen MR) is 608 cm³/mol. The highest BCUT2D eigenvalue weighted by atomic mass is 79.9. The summed E-state index contributed by atoms with van der Waals surface area (Å²) in [5.41, 5.74) is 29.0. The Bertz CT molecular complexity index is 9590. The summed E-state index contributed by atoms with van der Waals surface area (Å²) in [6, 6.07) is 139. The highest BCUT2D eigenvalue weighted by Crippen LogP contribution is 2.54. The van der Waals surface area contributed by atoms with E-state index in [1.165, 1.54) is 71.4 Å². The number of halogens is 5. The van der Waals surface area contributed by atoms with Gasteiger partial charge in [0.05, 0.1) is 74.1 Å². The van der Waals surface area contributed by atoms with Crippen LogP contribution in [0.25, 0.3) is 222 Å². The van der Waals surface area contributed by atoms with Gasteiger partial charge >= 0.3 is 0 Å².